The number of nitrogens with one attached hydrogen (secondary N) is 1. The van der Waals surface area contributed by atoms with Gasteiger partial charge in [0.15, 0.2) is 0 Å². The molecule has 0 saturated carbocycles. The van der Waals surface area contributed by atoms with Crippen LogP contribution in [0.15, 0.2) is 15.2 Å². The van der Waals surface area contributed by atoms with E-state index >= 15 is 0 Å². The first-order chi connectivity index (χ1) is 7.25. The van der Waals surface area contributed by atoms with Crippen LogP contribution in [-0.4, -0.2) is 25.7 Å². The number of thiophene rings is 1. The van der Waals surface area contributed by atoms with Crippen LogP contribution in [0.3, 0.4) is 0 Å². The van der Waals surface area contributed by atoms with Gasteiger partial charge in [0.25, 0.3) is 5.91 Å². The fourth-order valence-electron chi connectivity index (χ4n) is 1.51. The normalized spacial score (nSPS) is 20.5. The first-order valence-corrected chi connectivity index (χ1v) is 6.53. The number of halogens is 1. The highest BCUT2D eigenvalue weighted by Crippen LogP contribution is 2.20. The number of carbonyl (C=O) groups is 1. The Kier molecular flexibility index (Phi) is 3.77. The topological polar surface area (TPSA) is 38.3 Å². The van der Waals surface area contributed by atoms with Crippen LogP contribution in [0.4, 0.5) is 0 Å². The van der Waals surface area contributed by atoms with E-state index in [4.69, 9.17) is 4.74 Å². The highest BCUT2D eigenvalue weighted by atomic mass is 79.9. The van der Waals surface area contributed by atoms with Crippen LogP contribution in [0.5, 0.6) is 0 Å². The molecule has 1 aliphatic rings. The van der Waals surface area contributed by atoms with Gasteiger partial charge in [0.05, 0.1) is 16.0 Å². The maximum Gasteiger partial charge on any atom is 0.252 e. The monoisotopic (exact) mass is 289 g/mol. The third-order valence-electron chi connectivity index (χ3n) is 2.40. The molecule has 2 rings (SSSR count). The minimum absolute atomic E-state index is 0.00356. The van der Waals surface area contributed by atoms with Crippen molar-refractivity contribution in [3.8, 4) is 0 Å². The molecular formula is C10H12BrNO2S. The molecule has 1 aromatic rings. The lowest BCUT2D eigenvalue weighted by Gasteiger charge is -2.08. The zero-order valence-corrected chi connectivity index (χ0v) is 10.6. The number of amides is 1. The Hall–Kier alpha value is -0.390. The molecule has 2 heterocycles. The Morgan fingerprint density at radius 3 is 3.20 bits per heavy atom. The van der Waals surface area contributed by atoms with Crippen molar-refractivity contribution in [2.45, 2.75) is 6.42 Å². The van der Waals surface area contributed by atoms with E-state index in [-0.39, 0.29) is 5.91 Å². The summed E-state index contributed by atoms with van der Waals surface area (Å²) < 4.78 is 6.23. The second-order valence-electron chi connectivity index (χ2n) is 3.58. The summed E-state index contributed by atoms with van der Waals surface area (Å²) in [5.41, 5.74) is 0.728. The van der Waals surface area contributed by atoms with Crippen molar-refractivity contribution in [1.29, 1.82) is 0 Å². The molecule has 1 saturated heterocycles. The number of ether oxygens (including phenoxy) is 1. The molecule has 1 aliphatic heterocycles. The van der Waals surface area contributed by atoms with Gasteiger partial charge in [-0.25, -0.2) is 0 Å². The summed E-state index contributed by atoms with van der Waals surface area (Å²) in [7, 11) is 0. The molecule has 82 valence electrons. The first kappa shape index (κ1) is 11.1. The Balaban J connectivity index is 1.81. The largest absolute Gasteiger partial charge is 0.381 e. The third kappa shape index (κ3) is 3.03. The number of hydrogen-bond acceptors (Lipinski definition) is 3. The van der Waals surface area contributed by atoms with Crippen molar-refractivity contribution < 1.29 is 9.53 Å². The predicted molar refractivity (Wildman–Crippen MR) is 63.3 cm³/mol. The molecule has 1 atom stereocenters. The Morgan fingerprint density at radius 1 is 1.73 bits per heavy atom. The fraction of sp³-hybridized carbons (Fsp3) is 0.500. The summed E-state index contributed by atoms with van der Waals surface area (Å²) in [6.07, 6.45) is 1.05. The highest BCUT2D eigenvalue weighted by molar-refractivity contribution is 9.11. The van der Waals surface area contributed by atoms with Gasteiger partial charge in [-0.15, -0.1) is 11.3 Å². The Morgan fingerprint density at radius 2 is 2.60 bits per heavy atom. The van der Waals surface area contributed by atoms with Gasteiger partial charge in [0.1, 0.15) is 0 Å². The quantitative estimate of drug-likeness (QED) is 0.927. The van der Waals surface area contributed by atoms with Crippen LogP contribution in [0.25, 0.3) is 0 Å². The lowest BCUT2D eigenvalue weighted by Crippen LogP contribution is -2.29. The summed E-state index contributed by atoms with van der Waals surface area (Å²) in [5.74, 6) is 0.486. The van der Waals surface area contributed by atoms with Crippen LogP contribution in [0.2, 0.25) is 0 Å². The van der Waals surface area contributed by atoms with Crippen LogP contribution >= 0.6 is 27.3 Å². The summed E-state index contributed by atoms with van der Waals surface area (Å²) in [6, 6.07) is 1.84. The molecule has 1 aromatic heterocycles. The van der Waals surface area contributed by atoms with Gasteiger partial charge in [-0.1, -0.05) is 0 Å². The van der Waals surface area contributed by atoms with Gasteiger partial charge in [0, 0.05) is 24.4 Å². The molecule has 3 nitrogen and oxygen atoms in total. The third-order valence-corrected chi connectivity index (χ3v) is 3.91. The zero-order valence-electron chi connectivity index (χ0n) is 8.16. The van der Waals surface area contributed by atoms with E-state index in [1.54, 1.807) is 0 Å². The van der Waals surface area contributed by atoms with Gasteiger partial charge in [-0.2, -0.15) is 0 Å². The number of carbonyl (C=O) groups excluding carboxylic acids is 1. The van der Waals surface area contributed by atoms with E-state index in [0.29, 0.717) is 12.5 Å². The van der Waals surface area contributed by atoms with Crippen LogP contribution in [0, 0.1) is 5.92 Å². The van der Waals surface area contributed by atoms with Crippen LogP contribution < -0.4 is 5.32 Å². The van der Waals surface area contributed by atoms with Crippen LogP contribution in [-0.2, 0) is 4.74 Å². The maximum atomic E-state index is 11.6. The molecular weight excluding hydrogens is 278 g/mol. The lowest BCUT2D eigenvalue weighted by molar-refractivity contribution is 0.0945. The SMILES string of the molecule is O=C(NCC1CCOC1)c1csc(Br)c1. The lowest BCUT2D eigenvalue weighted by atomic mass is 10.1. The van der Waals surface area contributed by atoms with Gasteiger partial charge in [0.2, 0.25) is 0 Å². The van der Waals surface area contributed by atoms with E-state index < -0.39 is 0 Å². The minimum atomic E-state index is 0.00356. The molecule has 5 heteroatoms. The van der Waals surface area contributed by atoms with E-state index in [0.717, 1.165) is 29.0 Å². The molecule has 0 spiro atoms. The smallest absolute Gasteiger partial charge is 0.252 e. The molecule has 0 aliphatic carbocycles. The van der Waals surface area contributed by atoms with Crippen molar-refractivity contribution in [1.82, 2.24) is 5.32 Å². The zero-order chi connectivity index (χ0) is 10.7. The molecule has 1 N–H and O–H groups in total. The average Bonchev–Trinajstić information content (AvgIpc) is 2.84. The van der Waals surface area contributed by atoms with E-state index in [1.165, 1.54) is 11.3 Å². The number of hydrogen-bond donors (Lipinski definition) is 1. The second kappa shape index (κ2) is 5.09. The molecule has 0 aromatic carbocycles. The van der Waals surface area contributed by atoms with Gasteiger partial charge >= 0.3 is 0 Å². The van der Waals surface area contributed by atoms with Crippen molar-refractivity contribution in [3.05, 3.63) is 20.8 Å². The van der Waals surface area contributed by atoms with Crippen molar-refractivity contribution in [3.63, 3.8) is 0 Å². The Labute approximate surface area is 101 Å². The minimum Gasteiger partial charge on any atom is -0.381 e. The van der Waals surface area contributed by atoms with Gasteiger partial charge < -0.3 is 10.1 Å². The Bertz CT molecular complexity index is 347. The summed E-state index contributed by atoms with van der Waals surface area (Å²) in [4.78, 5) is 11.6. The van der Waals surface area contributed by atoms with Crippen LogP contribution in [0.1, 0.15) is 16.8 Å². The summed E-state index contributed by atoms with van der Waals surface area (Å²) in [5, 5.41) is 4.77. The first-order valence-electron chi connectivity index (χ1n) is 4.85. The highest BCUT2D eigenvalue weighted by Gasteiger charge is 2.17. The van der Waals surface area contributed by atoms with Crippen molar-refractivity contribution in [2.24, 2.45) is 5.92 Å². The summed E-state index contributed by atoms with van der Waals surface area (Å²) in [6.45, 7) is 2.31. The average molecular weight is 290 g/mol. The fourth-order valence-corrected chi connectivity index (χ4v) is 2.65. The molecule has 1 unspecified atom stereocenters. The molecule has 0 radical (unpaired) electrons. The van der Waals surface area contributed by atoms with E-state index in [1.807, 2.05) is 11.4 Å². The van der Waals surface area contributed by atoms with E-state index in [9.17, 15) is 4.79 Å². The second-order valence-corrected chi connectivity index (χ2v) is 5.87. The van der Waals surface area contributed by atoms with Crippen molar-refractivity contribution >= 4 is 33.2 Å². The molecule has 1 amide bonds. The van der Waals surface area contributed by atoms with Gasteiger partial charge in [-0.3, -0.25) is 4.79 Å². The van der Waals surface area contributed by atoms with Crippen molar-refractivity contribution in [2.75, 3.05) is 19.8 Å². The maximum absolute atomic E-state index is 11.6. The number of rotatable bonds is 3. The molecule has 15 heavy (non-hydrogen) atoms. The predicted octanol–water partition coefficient (Wildman–Crippen LogP) is 2.28. The van der Waals surface area contributed by atoms with Gasteiger partial charge in [-0.05, 0) is 28.4 Å². The standard InChI is InChI=1S/C10H12BrNO2S/c11-9-3-8(6-15-9)10(13)12-4-7-1-2-14-5-7/h3,6-7H,1-2,4-5H2,(H,12,13). The van der Waals surface area contributed by atoms with E-state index in [2.05, 4.69) is 21.2 Å². The summed E-state index contributed by atoms with van der Waals surface area (Å²) >= 11 is 4.86. The molecule has 1 fully saturated rings. The molecule has 0 bridgehead atoms.